The van der Waals surface area contributed by atoms with Crippen molar-refractivity contribution in [3.63, 3.8) is 0 Å². The van der Waals surface area contributed by atoms with Crippen molar-refractivity contribution >= 4 is 21.6 Å². The first kappa shape index (κ1) is 25.2. The Bertz CT molecular complexity index is 1250. The second-order valence-electron chi connectivity index (χ2n) is 8.02. The highest BCUT2D eigenvalue weighted by Gasteiger charge is 2.29. The molecule has 1 saturated heterocycles. The summed E-state index contributed by atoms with van der Waals surface area (Å²) in [7, 11) is -1.03. The van der Waals surface area contributed by atoms with Gasteiger partial charge in [0.05, 0.1) is 27.4 Å². The molecule has 1 atom stereocenters. The van der Waals surface area contributed by atoms with Gasteiger partial charge in [-0.25, -0.2) is 8.42 Å². The molecule has 0 radical (unpaired) electrons. The zero-order chi connectivity index (χ0) is 24.8. The second-order valence-corrected chi connectivity index (χ2v) is 10.4. The minimum atomic E-state index is -4.00. The van der Waals surface area contributed by atoms with Gasteiger partial charge in [0.15, 0.2) is 11.5 Å². The lowest BCUT2D eigenvalue weighted by Gasteiger charge is -2.24. The molecule has 35 heavy (non-hydrogen) atoms. The van der Waals surface area contributed by atoms with E-state index >= 15 is 0 Å². The summed E-state index contributed by atoms with van der Waals surface area (Å²) in [6.07, 6.45) is 4.05. The van der Waals surface area contributed by atoms with Gasteiger partial charge < -0.3 is 18.9 Å². The summed E-state index contributed by atoms with van der Waals surface area (Å²) >= 11 is 6.14. The average molecular weight is 519 g/mol. The number of sulfonamides is 1. The van der Waals surface area contributed by atoms with E-state index in [1.165, 1.54) is 17.5 Å². The fourth-order valence-electron chi connectivity index (χ4n) is 3.81. The van der Waals surface area contributed by atoms with Crippen LogP contribution in [-0.2, 0) is 27.8 Å². The summed E-state index contributed by atoms with van der Waals surface area (Å²) in [5, 5.41) is 0.296. The highest BCUT2D eigenvalue weighted by molar-refractivity contribution is 7.89. The fraction of sp³-hybridized carbons (Fsp3) is 0.320. The molecule has 186 valence electrons. The molecule has 3 aromatic rings. The van der Waals surface area contributed by atoms with E-state index in [2.05, 4.69) is 4.98 Å². The molecule has 0 aliphatic carbocycles. The van der Waals surface area contributed by atoms with E-state index < -0.39 is 10.0 Å². The predicted octanol–water partition coefficient (Wildman–Crippen LogP) is 4.31. The zero-order valence-corrected chi connectivity index (χ0v) is 21.1. The third-order valence-electron chi connectivity index (χ3n) is 5.59. The monoisotopic (exact) mass is 518 g/mol. The Morgan fingerprint density at radius 1 is 1.03 bits per heavy atom. The number of benzene rings is 2. The lowest BCUT2D eigenvalue weighted by atomic mass is 10.2. The molecule has 0 spiro atoms. The maximum Gasteiger partial charge on any atom is 0.247 e. The van der Waals surface area contributed by atoms with Crippen LogP contribution >= 0.6 is 11.6 Å². The summed E-state index contributed by atoms with van der Waals surface area (Å²) < 4.78 is 51.3. The number of aromatic nitrogens is 1. The molecule has 2 heterocycles. The first-order valence-electron chi connectivity index (χ1n) is 11.0. The van der Waals surface area contributed by atoms with Crippen LogP contribution in [0.25, 0.3) is 0 Å². The number of ether oxygens (including phenoxy) is 4. The summed E-state index contributed by atoms with van der Waals surface area (Å²) in [5.41, 5.74) is 1.47. The van der Waals surface area contributed by atoms with Crippen molar-refractivity contribution in [2.24, 2.45) is 0 Å². The standard InChI is InChI=1S/C25H27ClN2O6S/c1-31-23-8-6-20(26)13-25(23)35(29,30)28(16-19-4-3-10-27-14-19)15-18-5-7-22(24(12-18)32-2)34-21-9-11-33-17-21/h3-8,10,12-14,21H,9,11,15-17H2,1-2H3/t21-/m0/s1. The van der Waals surface area contributed by atoms with Gasteiger partial charge >= 0.3 is 0 Å². The van der Waals surface area contributed by atoms with Gasteiger partial charge in [0.25, 0.3) is 0 Å². The maximum atomic E-state index is 13.8. The summed E-state index contributed by atoms with van der Waals surface area (Å²) in [6, 6.07) is 13.5. The van der Waals surface area contributed by atoms with E-state index in [9.17, 15) is 8.42 Å². The first-order chi connectivity index (χ1) is 16.9. The van der Waals surface area contributed by atoms with Gasteiger partial charge in [-0.2, -0.15) is 4.31 Å². The molecule has 0 bridgehead atoms. The molecule has 2 aromatic carbocycles. The van der Waals surface area contributed by atoms with E-state index in [1.807, 2.05) is 12.1 Å². The topological polar surface area (TPSA) is 87.2 Å². The van der Waals surface area contributed by atoms with Crippen molar-refractivity contribution in [2.75, 3.05) is 27.4 Å². The molecule has 0 saturated carbocycles. The van der Waals surface area contributed by atoms with Gasteiger partial charge in [-0.05, 0) is 47.5 Å². The molecular formula is C25H27ClN2O6S. The van der Waals surface area contributed by atoms with Crippen LogP contribution in [0.5, 0.6) is 17.2 Å². The quantitative estimate of drug-likeness (QED) is 0.395. The van der Waals surface area contributed by atoms with Crippen molar-refractivity contribution in [2.45, 2.75) is 30.5 Å². The zero-order valence-electron chi connectivity index (χ0n) is 19.5. The SMILES string of the molecule is COc1cc(CN(Cc2cccnc2)S(=O)(=O)c2cc(Cl)ccc2OC)ccc1O[C@H]1CCOC1. The summed E-state index contributed by atoms with van der Waals surface area (Å²) in [5.74, 6) is 1.32. The van der Waals surface area contributed by atoms with Crippen LogP contribution in [-0.4, -0.2) is 51.2 Å². The van der Waals surface area contributed by atoms with Crippen molar-refractivity contribution < 1.29 is 27.4 Å². The number of hydrogen-bond donors (Lipinski definition) is 0. The van der Waals surface area contributed by atoms with E-state index in [4.69, 9.17) is 30.5 Å². The number of methoxy groups -OCH3 is 2. The first-order valence-corrected chi connectivity index (χ1v) is 12.9. The molecule has 8 nitrogen and oxygen atoms in total. The van der Waals surface area contributed by atoms with Crippen molar-refractivity contribution in [3.05, 3.63) is 77.1 Å². The highest BCUT2D eigenvalue weighted by Crippen LogP contribution is 2.34. The fourth-order valence-corrected chi connectivity index (χ4v) is 5.64. The van der Waals surface area contributed by atoms with Gasteiger partial charge in [-0.3, -0.25) is 4.98 Å². The van der Waals surface area contributed by atoms with Crippen LogP contribution < -0.4 is 14.2 Å². The van der Waals surface area contributed by atoms with Gasteiger partial charge in [0.1, 0.15) is 16.7 Å². The second kappa shape index (κ2) is 11.3. The molecule has 1 aromatic heterocycles. The molecule has 0 unspecified atom stereocenters. The lowest BCUT2D eigenvalue weighted by Crippen LogP contribution is -2.30. The van der Waals surface area contributed by atoms with E-state index in [0.29, 0.717) is 29.7 Å². The third-order valence-corrected chi connectivity index (χ3v) is 7.64. The molecule has 0 amide bonds. The molecule has 1 aliphatic rings. The van der Waals surface area contributed by atoms with Crippen LogP contribution in [0, 0.1) is 0 Å². The van der Waals surface area contributed by atoms with E-state index in [1.54, 1.807) is 49.8 Å². The van der Waals surface area contributed by atoms with Crippen LogP contribution in [0.3, 0.4) is 0 Å². The average Bonchev–Trinajstić information content (AvgIpc) is 3.38. The van der Waals surface area contributed by atoms with Crippen molar-refractivity contribution in [1.82, 2.24) is 9.29 Å². The minimum Gasteiger partial charge on any atom is -0.495 e. The number of rotatable bonds is 10. The number of pyridine rings is 1. The summed E-state index contributed by atoms with van der Waals surface area (Å²) in [4.78, 5) is 4.11. The van der Waals surface area contributed by atoms with Gasteiger partial charge in [0, 0.05) is 36.9 Å². The molecular weight excluding hydrogens is 492 g/mol. The Kier molecular flexibility index (Phi) is 8.12. The molecule has 0 N–H and O–H groups in total. The third kappa shape index (κ3) is 6.05. The normalized spacial score (nSPS) is 15.8. The number of halogens is 1. The Hall–Kier alpha value is -2.85. The van der Waals surface area contributed by atoms with E-state index in [-0.39, 0.29) is 29.8 Å². The van der Waals surface area contributed by atoms with Crippen LogP contribution in [0.15, 0.2) is 65.8 Å². The lowest BCUT2D eigenvalue weighted by molar-refractivity contribution is 0.138. The van der Waals surface area contributed by atoms with Crippen LogP contribution in [0.1, 0.15) is 17.5 Å². The van der Waals surface area contributed by atoms with Crippen LogP contribution in [0.4, 0.5) is 0 Å². The smallest absolute Gasteiger partial charge is 0.247 e. The van der Waals surface area contributed by atoms with Gasteiger partial charge in [-0.1, -0.05) is 23.7 Å². The molecule has 1 aliphatic heterocycles. The Morgan fingerprint density at radius 3 is 2.49 bits per heavy atom. The maximum absolute atomic E-state index is 13.8. The number of nitrogens with zero attached hydrogens (tertiary/aromatic N) is 2. The minimum absolute atomic E-state index is 0.00968. The molecule has 1 fully saturated rings. The molecule has 10 heteroatoms. The van der Waals surface area contributed by atoms with Crippen molar-refractivity contribution in [1.29, 1.82) is 0 Å². The van der Waals surface area contributed by atoms with Crippen molar-refractivity contribution in [3.8, 4) is 17.2 Å². The predicted molar refractivity (Wildman–Crippen MR) is 132 cm³/mol. The van der Waals surface area contributed by atoms with Crippen LogP contribution in [0.2, 0.25) is 5.02 Å². The van der Waals surface area contributed by atoms with E-state index in [0.717, 1.165) is 17.5 Å². The highest BCUT2D eigenvalue weighted by atomic mass is 35.5. The van der Waals surface area contributed by atoms with Gasteiger partial charge in [0.2, 0.25) is 10.0 Å². The Morgan fingerprint density at radius 2 is 1.80 bits per heavy atom. The largest absolute Gasteiger partial charge is 0.495 e. The molecule has 4 rings (SSSR count). The summed E-state index contributed by atoms with van der Waals surface area (Å²) in [6.45, 7) is 1.38. The van der Waals surface area contributed by atoms with Gasteiger partial charge in [-0.15, -0.1) is 0 Å². The number of hydrogen-bond acceptors (Lipinski definition) is 7. The Labute approximate surface area is 210 Å². The Balaban J connectivity index is 1.68.